The summed E-state index contributed by atoms with van der Waals surface area (Å²) in [4.78, 5) is 13.1. The molecule has 1 aromatic heterocycles. The van der Waals surface area contributed by atoms with Gasteiger partial charge in [0.15, 0.2) is 11.6 Å². The van der Waals surface area contributed by atoms with E-state index in [1.54, 1.807) is 4.90 Å². The van der Waals surface area contributed by atoms with E-state index in [4.69, 9.17) is 15.0 Å². The summed E-state index contributed by atoms with van der Waals surface area (Å²) in [7, 11) is 1.35. The fourth-order valence-corrected chi connectivity index (χ4v) is 1.84. The van der Waals surface area contributed by atoms with E-state index in [9.17, 15) is 4.79 Å². The third kappa shape index (κ3) is 1.17. The Kier molecular flexibility index (Phi) is 1.89. The fourth-order valence-electron chi connectivity index (χ4n) is 1.84. The van der Waals surface area contributed by atoms with Crippen LogP contribution in [0.5, 0.6) is 0 Å². The Morgan fingerprint density at radius 2 is 2.33 bits per heavy atom. The second-order valence-electron chi connectivity index (χ2n) is 3.99. The zero-order valence-electron chi connectivity index (χ0n) is 8.90. The van der Waals surface area contributed by atoms with Crippen molar-refractivity contribution in [2.45, 2.75) is 25.9 Å². The van der Waals surface area contributed by atoms with Crippen LogP contribution in [0.3, 0.4) is 0 Å². The van der Waals surface area contributed by atoms with E-state index in [2.05, 4.69) is 5.16 Å². The molecule has 0 aliphatic carbocycles. The molecule has 0 saturated heterocycles. The number of fused-ring (bicyclic) bond motifs is 1. The molecule has 82 valence electrons. The van der Waals surface area contributed by atoms with Crippen molar-refractivity contribution in [3.8, 4) is 0 Å². The van der Waals surface area contributed by atoms with Crippen molar-refractivity contribution in [3.05, 3.63) is 11.3 Å². The van der Waals surface area contributed by atoms with Crippen molar-refractivity contribution >= 4 is 11.9 Å². The predicted molar refractivity (Wildman–Crippen MR) is 51.9 cm³/mol. The van der Waals surface area contributed by atoms with Crippen molar-refractivity contribution in [2.24, 2.45) is 0 Å². The second-order valence-corrected chi connectivity index (χ2v) is 3.99. The lowest BCUT2D eigenvalue weighted by molar-refractivity contribution is 0.0725. The number of amides is 1. The van der Waals surface area contributed by atoms with Gasteiger partial charge in [0, 0.05) is 0 Å². The number of nitrogen functional groups attached to an aromatic ring is 1. The van der Waals surface area contributed by atoms with Gasteiger partial charge in [-0.3, -0.25) is 4.90 Å². The summed E-state index contributed by atoms with van der Waals surface area (Å²) in [6.07, 6.45) is -0.397. The highest BCUT2D eigenvalue weighted by molar-refractivity contribution is 5.71. The minimum Gasteiger partial charge on any atom is -0.453 e. The first kappa shape index (κ1) is 9.82. The van der Waals surface area contributed by atoms with Gasteiger partial charge in [0.25, 0.3) is 0 Å². The smallest absolute Gasteiger partial charge is 0.410 e. The molecule has 0 aromatic carbocycles. The molecule has 2 rings (SSSR count). The van der Waals surface area contributed by atoms with Crippen LogP contribution in [0.15, 0.2) is 4.52 Å². The first-order chi connectivity index (χ1) is 6.98. The van der Waals surface area contributed by atoms with Crippen LogP contribution in [0.1, 0.15) is 25.2 Å². The fraction of sp³-hybridized carbons (Fsp3) is 0.556. The Balaban J connectivity index is 2.42. The van der Waals surface area contributed by atoms with Gasteiger partial charge in [-0.2, -0.15) is 0 Å². The molecule has 0 radical (unpaired) electrons. The quantitative estimate of drug-likeness (QED) is 0.694. The standard InChI is InChI=1S/C9H13N3O3/c1-9(2)6-5(7(10)11-15-6)4-12(9)8(13)14-3/h4H2,1-3H3,(H2,10,11). The summed E-state index contributed by atoms with van der Waals surface area (Å²) in [6.45, 7) is 4.10. The van der Waals surface area contributed by atoms with E-state index in [1.807, 2.05) is 13.8 Å². The minimum absolute atomic E-state index is 0.337. The molecule has 1 aliphatic rings. The third-order valence-corrected chi connectivity index (χ3v) is 2.76. The van der Waals surface area contributed by atoms with E-state index in [0.29, 0.717) is 18.1 Å². The molecule has 0 fully saturated rings. The zero-order valence-corrected chi connectivity index (χ0v) is 8.90. The summed E-state index contributed by atoms with van der Waals surface area (Å²) < 4.78 is 9.82. The molecule has 1 aromatic rings. The lowest BCUT2D eigenvalue weighted by atomic mass is 10.0. The van der Waals surface area contributed by atoms with E-state index < -0.39 is 11.6 Å². The molecular weight excluding hydrogens is 198 g/mol. The molecule has 0 atom stereocenters. The molecular formula is C9H13N3O3. The summed E-state index contributed by atoms with van der Waals surface area (Å²) in [6, 6.07) is 0. The van der Waals surface area contributed by atoms with Crippen LogP contribution in [-0.4, -0.2) is 23.3 Å². The Labute approximate surface area is 87.0 Å². The van der Waals surface area contributed by atoms with Gasteiger partial charge in [-0.1, -0.05) is 5.16 Å². The van der Waals surface area contributed by atoms with Crippen molar-refractivity contribution in [1.29, 1.82) is 0 Å². The van der Waals surface area contributed by atoms with Crippen LogP contribution in [0, 0.1) is 0 Å². The molecule has 1 amide bonds. The Bertz CT molecular complexity index is 411. The van der Waals surface area contributed by atoms with Crippen molar-refractivity contribution in [3.63, 3.8) is 0 Å². The van der Waals surface area contributed by atoms with Crippen LogP contribution in [0.2, 0.25) is 0 Å². The van der Waals surface area contributed by atoms with Gasteiger partial charge in [0.1, 0.15) is 5.54 Å². The number of carbonyl (C=O) groups is 1. The highest BCUT2D eigenvalue weighted by Crippen LogP contribution is 2.41. The number of ether oxygens (including phenoxy) is 1. The lowest BCUT2D eigenvalue weighted by Gasteiger charge is -2.28. The molecule has 0 bridgehead atoms. The van der Waals surface area contributed by atoms with Gasteiger partial charge in [-0.25, -0.2) is 4.79 Å². The Morgan fingerprint density at radius 1 is 1.67 bits per heavy atom. The topological polar surface area (TPSA) is 81.6 Å². The van der Waals surface area contributed by atoms with E-state index in [-0.39, 0.29) is 0 Å². The van der Waals surface area contributed by atoms with Gasteiger partial charge in [-0.15, -0.1) is 0 Å². The molecule has 6 nitrogen and oxygen atoms in total. The average Bonchev–Trinajstić information content (AvgIpc) is 2.66. The zero-order chi connectivity index (χ0) is 11.2. The van der Waals surface area contributed by atoms with Crippen LogP contribution in [0.4, 0.5) is 10.6 Å². The van der Waals surface area contributed by atoms with Crippen LogP contribution in [0.25, 0.3) is 0 Å². The summed E-state index contributed by atoms with van der Waals surface area (Å²) in [5.74, 6) is 0.967. The molecule has 0 spiro atoms. The SMILES string of the molecule is COC(=O)N1Cc2c(N)noc2C1(C)C. The van der Waals surface area contributed by atoms with Crippen LogP contribution in [-0.2, 0) is 16.8 Å². The second kappa shape index (κ2) is 2.88. The number of anilines is 1. The molecule has 0 unspecified atom stereocenters. The number of hydrogen-bond acceptors (Lipinski definition) is 5. The summed E-state index contributed by atoms with van der Waals surface area (Å²) in [5, 5.41) is 3.68. The molecule has 1 aliphatic heterocycles. The third-order valence-electron chi connectivity index (χ3n) is 2.76. The highest BCUT2D eigenvalue weighted by atomic mass is 16.5. The molecule has 15 heavy (non-hydrogen) atoms. The number of carbonyl (C=O) groups excluding carboxylic acids is 1. The maximum absolute atomic E-state index is 11.5. The molecule has 2 N–H and O–H groups in total. The number of rotatable bonds is 0. The van der Waals surface area contributed by atoms with E-state index in [0.717, 1.165) is 5.56 Å². The summed E-state index contributed by atoms with van der Waals surface area (Å²) in [5.41, 5.74) is 5.84. The Hall–Kier alpha value is -1.72. The van der Waals surface area contributed by atoms with E-state index >= 15 is 0 Å². The summed E-state index contributed by atoms with van der Waals surface area (Å²) >= 11 is 0. The van der Waals surface area contributed by atoms with Gasteiger partial charge >= 0.3 is 6.09 Å². The Morgan fingerprint density at radius 3 is 2.87 bits per heavy atom. The minimum atomic E-state index is -0.562. The van der Waals surface area contributed by atoms with Crippen molar-refractivity contribution in [1.82, 2.24) is 10.1 Å². The normalized spacial score (nSPS) is 17.7. The van der Waals surface area contributed by atoms with Crippen LogP contribution >= 0.6 is 0 Å². The monoisotopic (exact) mass is 211 g/mol. The lowest BCUT2D eigenvalue weighted by Crippen LogP contribution is -2.40. The molecule has 2 heterocycles. The van der Waals surface area contributed by atoms with Crippen LogP contribution < -0.4 is 5.73 Å². The predicted octanol–water partition coefficient (Wildman–Crippen LogP) is 1.07. The van der Waals surface area contributed by atoms with Gasteiger partial charge in [0.2, 0.25) is 0 Å². The van der Waals surface area contributed by atoms with Gasteiger partial charge < -0.3 is 15.0 Å². The highest BCUT2D eigenvalue weighted by Gasteiger charge is 2.46. The largest absolute Gasteiger partial charge is 0.453 e. The number of nitrogens with two attached hydrogens (primary N) is 1. The van der Waals surface area contributed by atoms with Gasteiger partial charge in [0.05, 0.1) is 19.2 Å². The number of nitrogens with zero attached hydrogens (tertiary/aromatic N) is 2. The van der Waals surface area contributed by atoms with E-state index in [1.165, 1.54) is 7.11 Å². The average molecular weight is 211 g/mol. The molecule has 6 heteroatoms. The first-order valence-electron chi connectivity index (χ1n) is 4.58. The van der Waals surface area contributed by atoms with Crippen molar-refractivity contribution < 1.29 is 14.1 Å². The number of hydrogen-bond donors (Lipinski definition) is 1. The van der Waals surface area contributed by atoms with Crippen molar-refractivity contribution in [2.75, 3.05) is 12.8 Å². The molecule has 0 saturated carbocycles. The number of methoxy groups -OCH3 is 1. The first-order valence-corrected chi connectivity index (χ1v) is 4.58. The van der Waals surface area contributed by atoms with Gasteiger partial charge in [-0.05, 0) is 13.8 Å². The maximum Gasteiger partial charge on any atom is 0.410 e. The number of aromatic nitrogens is 1. The maximum atomic E-state index is 11.5.